The zero-order valence-corrected chi connectivity index (χ0v) is 19.6. The van der Waals surface area contributed by atoms with E-state index in [-0.39, 0.29) is 12.4 Å². The Balaban J connectivity index is 0.00000320. The van der Waals surface area contributed by atoms with Gasteiger partial charge in [0.05, 0.1) is 14.2 Å². The van der Waals surface area contributed by atoms with Gasteiger partial charge in [-0.2, -0.15) is 0 Å². The maximum atomic E-state index is 6.06. The van der Waals surface area contributed by atoms with E-state index in [1.165, 1.54) is 5.56 Å². The molecule has 0 amide bonds. The third-order valence-electron chi connectivity index (χ3n) is 4.61. The van der Waals surface area contributed by atoms with Gasteiger partial charge in [0.25, 0.3) is 0 Å². The van der Waals surface area contributed by atoms with Crippen LogP contribution in [0, 0.1) is 0 Å². The molecule has 3 aromatic rings. The topological polar surface area (TPSA) is 39.7 Å². The molecular weight excluding hydrogens is 466 g/mol. The maximum absolute atomic E-state index is 6.06. The van der Waals surface area contributed by atoms with Gasteiger partial charge in [-0.1, -0.05) is 52.3 Å². The molecule has 0 fully saturated rings. The summed E-state index contributed by atoms with van der Waals surface area (Å²) in [7, 11) is 3.30. The SMILES string of the molecule is COc1ccc(CCNCc2cc(Br)ccc2OCc2ccccc2)cc1OC.Cl. The fourth-order valence-corrected chi connectivity index (χ4v) is 3.46. The standard InChI is InChI=1S/C24H26BrNO3.ClH/c1-27-23-10-8-18(14-24(23)28-2)12-13-26-16-20-15-21(25)9-11-22(20)29-17-19-6-4-3-5-7-19;/h3-11,14-15,26H,12-13,16-17H2,1-2H3;1H. The minimum atomic E-state index is 0. The molecule has 3 rings (SSSR count). The summed E-state index contributed by atoms with van der Waals surface area (Å²) in [5, 5.41) is 3.51. The van der Waals surface area contributed by atoms with E-state index in [0.717, 1.165) is 52.4 Å². The van der Waals surface area contributed by atoms with Crippen LogP contribution in [0.25, 0.3) is 0 Å². The second-order valence-electron chi connectivity index (χ2n) is 6.64. The largest absolute Gasteiger partial charge is 0.493 e. The van der Waals surface area contributed by atoms with E-state index in [9.17, 15) is 0 Å². The lowest BCUT2D eigenvalue weighted by molar-refractivity contribution is 0.302. The third-order valence-corrected chi connectivity index (χ3v) is 5.11. The summed E-state index contributed by atoms with van der Waals surface area (Å²) in [6.07, 6.45) is 0.897. The highest BCUT2D eigenvalue weighted by molar-refractivity contribution is 9.10. The van der Waals surface area contributed by atoms with E-state index in [4.69, 9.17) is 14.2 Å². The molecule has 6 heteroatoms. The molecule has 0 aliphatic rings. The van der Waals surface area contributed by atoms with E-state index in [0.29, 0.717) is 6.61 Å². The van der Waals surface area contributed by atoms with Crippen molar-refractivity contribution in [1.29, 1.82) is 0 Å². The summed E-state index contributed by atoms with van der Waals surface area (Å²) < 4.78 is 17.8. The normalized spacial score (nSPS) is 10.2. The molecule has 30 heavy (non-hydrogen) atoms. The van der Waals surface area contributed by atoms with E-state index in [1.807, 2.05) is 42.5 Å². The molecule has 1 N–H and O–H groups in total. The molecular formula is C24H27BrClNO3. The highest BCUT2D eigenvalue weighted by Gasteiger charge is 2.07. The van der Waals surface area contributed by atoms with Gasteiger partial charge >= 0.3 is 0 Å². The third kappa shape index (κ3) is 6.94. The zero-order valence-electron chi connectivity index (χ0n) is 17.2. The van der Waals surface area contributed by atoms with Gasteiger partial charge in [0, 0.05) is 16.6 Å². The van der Waals surface area contributed by atoms with Crippen LogP contribution < -0.4 is 19.5 Å². The Morgan fingerprint density at radius 1 is 0.800 bits per heavy atom. The van der Waals surface area contributed by atoms with Crippen LogP contribution in [0.5, 0.6) is 17.2 Å². The highest BCUT2D eigenvalue weighted by Crippen LogP contribution is 2.28. The van der Waals surface area contributed by atoms with Crippen LogP contribution in [0.3, 0.4) is 0 Å². The second-order valence-corrected chi connectivity index (χ2v) is 7.56. The first-order valence-electron chi connectivity index (χ1n) is 9.56. The first-order chi connectivity index (χ1) is 14.2. The molecule has 0 unspecified atom stereocenters. The van der Waals surface area contributed by atoms with Crippen molar-refractivity contribution in [3.05, 3.63) is 87.9 Å². The number of ether oxygens (including phenoxy) is 3. The van der Waals surface area contributed by atoms with Crippen LogP contribution >= 0.6 is 28.3 Å². The lowest BCUT2D eigenvalue weighted by Crippen LogP contribution is -2.17. The molecule has 160 valence electrons. The monoisotopic (exact) mass is 491 g/mol. The molecule has 0 saturated heterocycles. The highest BCUT2D eigenvalue weighted by atomic mass is 79.9. The second kappa shape index (κ2) is 12.5. The zero-order chi connectivity index (χ0) is 20.5. The first-order valence-corrected chi connectivity index (χ1v) is 10.4. The lowest BCUT2D eigenvalue weighted by atomic mass is 10.1. The fourth-order valence-electron chi connectivity index (χ4n) is 3.05. The Labute approximate surface area is 193 Å². The average Bonchev–Trinajstić information content (AvgIpc) is 2.76. The van der Waals surface area contributed by atoms with Crippen molar-refractivity contribution in [3.63, 3.8) is 0 Å². The Kier molecular flexibility index (Phi) is 10.0. The number of benzene rings is 3. The van der Waals surface area contributed by atoms with Gasteiger partial charge in [-0.3, -0.25) is 0 Å². The van der Waals surface area contributed by atoms with E-state index >= 15 is 0 Å². The van der Waals surface area contributed by atoms with Crippen molar-refractivity contribution in [2.24, 2.45) is 0 Å². The number of rotatable bonds is 10. The molecule has 0 aliphatic heterocycles. The molecule has 4 nitrogen and oxygen atoms in total. The number of nitrogens with one attached hydrogen (secondary N) is 1. The van der Waals surface area contributed by atoms with Gasteiger partial charge < -0.3 is 19.5 Å². The van der Waals surface area contributed by atoms with Gasteiger partial charge in [-0.25, -0.2) is 0 Å². The average molecular weight is 493 g/mol. The van der Waals surface area contributed by atoms with E-state index in [2.05, 4.69) is 45.5 Å². The smallest absolute Gasteiger partial charge is 0.160 e. The van der Waals surface area contributed by atoms with Crippen molar-refractivity contribution in [2.45, 2.75) is 19.6 Å². The number of hydrogen-bond acceptors (Lipinski definition) is 4. The van der Waals surface area contributed by atoms with Crippen molar-refractivity contribution < 1.29 is 14.2 Å². The van der Waals surface area contributed by atoms with Crippen LogP contribution in [-0.4, -0.2) is 20.8 Å². The molecule has 0 saturated carbocycles. The van der Waals surface area contributed by atoms with Crippen molar-refractivity contribution in [2.75, 3.05) is 20.8 Å². The molecule has 0 aromatic heterocycles. The maximum Gasteiger partial charge on any atom is 0.160 e. The van der Waals surface area contributed by atoms with Gasteiger partial charge in [-0.05, 0) is 54.4 Å². The number of hydrogen-bond donors (Lipinski definition) is 1. The molecule has 0 bridgehead atoms. The Morgan fingerprint density at radius 3 is 2.27 bits per heavy atom. The van der Waals surface area contributed by atoms with E-state index < -0.39 is 0 Å². The molecule has 3 aromatic carbocycles. The Hall–Kier alpha value is -2.21. The van der Waals surface area contributed by atoms with Crippen LogP contribution in [0.4, 0.5) is 0 Å². The minimum absolute atomic E-state index is 0. The van der Waals surface area contributed by atoms with Crippen LogP contribution in [0.1, 0.15) is 16.7 Å². The van der Waals surface area contributed by atoms with Crippen molar-refractivity contribution in [1.82, 2.24) is 5.32 Å². The quantitative estimate of drug-likeness (QED) is 0.363. The van der Waals surface area contributed by atoms with Crippen molar-refractivity contribution >= 4 is 28.3 Å². The predicted molar refractivity (Wildman–Crippen MR) is 127 cm³/mol. The van der Waals surface area contributed by atoms with Crippen LogP contribution in [-0.2, 0) is 19.6 Å². The summed E-state index contributed by atoms with van der Waals surface area (Å²) in [5.41, 5.74) is 3.48. The summed E-state index contributed by atoms with van der Waals surface area (Å²) >= 11 is 3.56. The molecule has 0 aliphatic carbocycles. The van der Waals surface area contributed by atoms with Gasteiger partial charge in [0.2, 0.25) is 0 Å². The Bertz CT molecular complexity index is 922. The Morgan fingerprint density at radius 2 is 1.53 bits per heavy atom. The summed E-state index contributed by atoms with van der Waals surface area (Å²) in [6.45, 7) is 2.14. The summed E-state index contributed by atoms with van der Waals surface area (Å²) in [6, 6.07) is 22.3. The van der Waals surface area contributed by atoms with Crippen LogP contribution in [0.15, 0.2) is 71.2 Å². The first kappa shape index (κ1) is 24.1. The summed E-state index contributed by atoms with van der Waals surface area (Å²) in [5.74, 6) is 2.41. The predicted octanol–water partition coefficient (Wildman–Crippen LogP) is 5.80. The minimum Gasteiger partial charge on any atom is -0.493 e. The van der Waals surface area contributed by atoms with Crippen LogP contribution in [0.2, 0.25) is 0 Å². The number of halogens is 2. The molecule has 0 atom stereocenters. The molecule has 0 heterocycles. The van der Waals surface area contributed by atoms with Gasteiger partial charge in [-0.15, -0.1) is 12.4 Å². The fraction of sp³-hybridized carbons (Fsp3) is 0.250. The lowest BCUT2D eigenvalue weighted by Gasteiger charge is -2.13. The van der Waals surface area contributed by atoms with Crippen molar-refractivity contribution in [3.8, 4) is 17.2 Å². The molecule has 0 spiro atoms. The van der Waals surface area contributed by atoms with Gasteiger partial charge in [0.15, 0.2) is 11.5 Å². The molecule has 0 radical (unpaired) electrons. The number of methoxy groups -OCH3 is 2. The van der Waals surface area contributed by atoms with Gasteiger partial charge in [0.1, 0.15) is 12.4 Å². The summed E-state index contributed by atoms with van der Waals surface area (Å²) in [4.78, 5) is 0. The van der Waals surface area contributed by atoms with E-state index in [1.54, 1.807) is 14.2 Å².